The Hall–Kier alpha value is -2.45. The molecule has 8 heteroatoms. The molecule has 1 aromatic heterocycles. The summed E-state index contributed by atoms with van der Waals surface area (Å²) in [4.78, 5) is 34.6. The van der Waals surface area contributed by atoms with Crippen LogP contribution in [-0.4, -0.2) is 30.0 Å². The number of benzene rings is 1. The molecule has 7 nitrogen and oxygen atoms in total. The average Bonchev–Trinajstić information content (AvgIpc) is 3.04. The number of amides is 2. The minimum Gasteiger partial charge on any atom is -0.482 e. The first-order chi connectivity index (χ1) is 11.2. The summed E-state index contributed by atoms with van der Waals surface area (Å²) in [6.45, 7) is 2.45. The lowest BCUT2D eigenvalue weighted by molar-refractivity contribution is -0.121. The molecular weight excluding hydrogens is 318 g/mol. The summed E-state index contributed by atoms with van der Waals surface area (Å²) >= 11 is 1.32. The largest absolute Gasteiger partial charge is 0.482 e. The third-order valence-electron chi connectivity index (χ3n) is 3.20. The van der Waals surface area contributed by atoms with Crippen molar-refractivity contribution in [3.63, 3.8) is 0 Å². The Morgan fingerprint density at radius 3 is 3.13 bits per heavy atom. The second kappa shape index (κ2) is 6.76. The predicted octanol–water partition coefficient (Wildman–Crippen LogP) is 1.75. The van der Waals surface area contributed by atoms with Gasteiger partial charge in [-0.1, -0.05) is 12.1 Å². The highest BCUT2D eigenvalue weighted by atomic mass is 32.1. The Bertz CT molecular complexity index is 731. The van der Waals surface area contributed by atoms with Crippen molar-refractivity contribution in [1.82, 2.24) is 10.5 Å². The Labute approximate surface area is 136 Å². The molecule has 0 spiro atoms. The maximum absolute atomic E-state index is 12.1. The van der Waals surface area contributed by atoms with Crippen LogP contribution in [0, 0.1) is 0 Å². The Kier molecular flexibility index (Phi) is 4.54. The number of thiazole rings is 1. The highest BCUT2D eigenvalue weighted by molar-refractivity contribution is 7.09. The first-order valence-corrected chi connectivity index (χ1v) is 7.95. The zero-order valence-corrected chi connectivity index (χ0v) is 13.3. The molecule has 0 saturated carbocycles. The van der Waals surface area contributed by atoms with E-state index >= 15 is 0 Å². The lowest BCUT2D eigenvalue weighted by Gasteiger charge is -2.28. The van der Waals surface area contributed by atoms with Crippen LogP contribution in [0.1, 0.15) is 22.4 Å². The lowest BCUT2D eigenvalue weighted by Crippen LogP contribution is -2.38. The maximum Gasteiger partial charge on any atom is 0.294 e. The molecule has 0 radical (unpaired) electrons. The number of carbonyl (C=O) groups excluding carboxylic acids is 2. The molecule has 23 heavy (non-hydrogen) atoms. The number of anilines is 1. The van der Waals surface area contributed by atoms with E-state index in [2.05, 4.69) is 10.5 Å². The number of hydrogen-bond acceptors (Lipinski definition) is 6. The standard InChI is InChI=1S/C15H15N3O4S/c1-2-22-17-15(20)10-9-23-13(16-10)7-18-11-5-3-4-6-12(11)21-8-14(18)19/h3-6,9H,2,7-8H2,1H3,(H,17,20). The zero-order valence-electron chi connectivity index (χ0n) is 12.4. The van der Waals surface area contributed by atoms with E-state index in [1.54, 1.807) is 17.2 Å². The van der Waals surface area contributed by atoms with Crippen molar-refractivity contribution in [2.24, 2.45) is 0 Å². The van der Waals surface area contributed by atoms with E-state index in [1.165, 1.54) is 11.3 Å². The molecule has 0 unspecified atom stereocenters. The van der Waals surface area contributed by atoms with E-state index in [4.69, 9.17) is 9.57 Å². The molecule has 1 aliphatic rings. The summed E-state index contributed by atoms with van der Waals surface area (Å²) in [5, 5.41) is 2.30. The predicted molar refractivity (Wildman–Crippen MR) is 84.3 cm³/mol. The number of ether oxygens (including phenoxy) is 1. The van der Waals surface area contributed by atoms with Gasteiger partial charge in [0.15, 0.2) is 6.61 Å². The van der Waals surface area contributed by atoms with E-state index in [0.29, 0.717) is 29.6 Å². The van der Waals surface area contributed by atoms with Gasteiger partial charge in [-0.25, -0.2) is 10.5 Å². The molecule has 2 heterocycles. The van der Waals surface area contributed by atoms with Crippen LogP contribution in [0.5, 0.6) is 5.75 Å². The molecule has 3 rings (SSSR count). The van der Waals surface area contributed by atoms with Crippen LogP contribution in [0.4, 0.5) is 5.69 Å². The Morgan fingerprint density at radius 1 is 1.48 bits per heavy atom. The second-order valence-electron chi connectivity index (χ2n) is 4.73. The molecule has 2 amide bonds. The monoisotopic (exact) mass is 333 g/mol. The van der Waals surface area contributed by atoms with Crippen molar-refractivity contribution in [1.29, 1.82) is 0 Å². The number of para-hydroxylation sites is 2. The molecular formula is C15H15N3O4S. The molecule has 0 bridgehead atoms. The van der Waals surface area contributed by atoms with Gasteiger partial charge in [-0.2, -0.15) is 0 Å². The molecule has 120 valence electrons. The number of hydroxylamine groups is 1. The SMILES string of the molecule is CCONC(=O)c1csc(CN2C(=O)COc3ccccc32)n1. The van der Waals surface area contributed by atoms with Crippen molar-refractivity contribution >= 4 is 28.8 Å². The summed E-state index contributed by atoms with van der Waals surface area (Å²) in [5.41, 5.74) is 3.27. The molecule has 2 aromatic rings. The highest BCUT2D eigenvalue weighted by Crippen LogP contribution is 2.32. The number of nitrogens with zero attached hydrogens (tertiary/aromatic N) is 2. The van der Waals surface area contributed by atoms with Crippen LogP contribution in [0.3, 0.4) is 0 Å². The Morgan fingerprint density at radius 2 is 2.30 bits per heavy atom. The smallest absolute Gasteiger partial charge is 0.294 e. The minimum atomic E-state index is -0.400. The summed E-state index contributed by atoms with van der Waals surface area (Å²) in [6, 6.07) is 7.34. The topological polar surface area (TPSA) is 80.8 Å². The number of hydrogen-bond donors (Lipinski definition) is 1. The van der Waals surface area contributed by atoms with Gasteiger partial charge in [-0.05, 0) is 19.1 Å². The van der Waals surface area contributed by atoms with E-state index in [1.807, 2.05) is 24.3 Å². The van der Waals surface area contributed by atoms with E-state index in [-0.39, 0.29) is 18.2 Å². The highest BCUT2D eigenvalue weighted by Gasteiger charge is 2.26. The van der Waals surface area contributed by atoms with Crippen LogP contribution in [0.2, 0.25) is 0 Å². The number of nitrogens with one attached hydrogen (secondary N) is 1. The van der Waals surface area contributed by atoms with Gasteiger partial charge in [0.1, 0.15) is 16.5 Å². The van der Waals surface area contributed by atoms with Crippen LogP contribution < -0.4 is 15.1 Å². The molecule has 0 saturated heterocycles. The van der Waals surface area contributed by atoms with Crippen LogP contribution in [0.15, 0.2) is 29.6 Å². The van der Waals surface area contributed by atoms with Gasteiger partial charge in [0.25, 0.3) is 11.8 Å². The summed E-state index contributed by atoms with van der Waals surface area (Å²) in [5.74, 6) is 0.125. The van der Waals surface area contributed by atoms with Gasteiger partial charge >= 0.3 is 0 Å². The van der Waals surface area contributed by atoms with Crippen molar-refractivity contribution < 1.29 is 19.2 Å². The third kappa shape index (κ3) is 3.33. The Balaban J connectivity index is 1.76. The fourth-order valence-electron chi connectivity index (χ4n) is 2.14. The lowest BCUT2D eigenvalue weighted by atomic mass is 10.2. The quantitative estimate of drug-likeness (QED) is 0.843. The number of aromatic nitrogens is 1. The first kappa shape index (κ1) is 15.4. The molecule has 1 N–H and O–H groups in total. The van der Waals surface area contributed by atoms with E-state index in [0.717, 1.165) is 0 Å². The van der Waals surface area contributed by atoms with Crippen molar-refractivity contribution in [2.75, 3.05) is 18.1 Å². The van der Waals surface area contributed by atoms with Crippen molar-refractivity contribution in [3.8, 4) is 5.75 Å². The summed E-state index contributed by atoms with van der Waals surface area (Å²) < 4.78 is 5.40. The van der Waals surface area contributed by atoms with Crippen LogP contribution >= 0.6 is 11.3 Å². The van der Waals surface area contributed by atoms with Crippen LogP contribution in [0.25, 0.3) is 0 Å². The van der Waals surface area contributed by atoms with Crippen molar-refractivity contribution in [2.45, 2.75) is 13.5 Å². The third-order valence-corrected chi connectivity index (χ3v) is 4.03. The van der Waals surface area contributed by atoms with E-state index < -0.39 is 5.91 Å². The molecule has 1 aliphatic heterocycles. The van der Waals surface area contributed by atoms with Gasteiger partial charge in [0.2, 0.25) is 0 Å². The second-order valence-corrected chi connectivity index (χ2v) is 5.67. The number of rotatable bonds is 5. The van der Waals surface area contributed by atoms with Gasteiger partial charge < -0.3 is 4.74 Å². The molecule has 0 atom stereocenters. The fourth-order valence-corrected chi connectivity index (χ4v) is 2.90. The fraction of sp³-hybridized carbons (Fsp3) is 0.267. The van der Waals surface area contributed by atoms with Gasteiger partial charge in [-0.3, -0.25) is 19.3 Å². The number of fused-ring (bicyclic) bond motifs is 1. The maximum atomic E-state index is 12.1. The molecule has 1 aromatic carbocycles. The molecule has 0 fully saturated rings. The normalized spacial score (nSPS) is 13.4. The molecule has 0 aliphatic carbocycles. The van der Waals surface area contributed by atoms with Crippen molar-refractivity contribution in [3.05, 3.63) is 40.3 Å². The van der Waals surface area contributed by atoms with Crippen LogP contribution in [-0.2, 0) is 16.2 Å². The van der Waals surface area contributed by atoms with E-state index in [9.17, 15) is 9.59 Å². The van der Waals surface area contributed by atoms with Gasteiger partial charge in [0, 0.05) is 5.38 Å². The first-order valence-electron chi connectivity index (χ1n) is 7.07. The average molecular weight is 333 g/mol. The zero-order chi connectivity index (χ0) is 16.2. The minimum absolute atomic E-state index is 0.0000713. The van der Waals surface area contributed by atoms with Gasteiger partial charge in [0.05, 0.1) is 18.8 Å². The summed E-state index contributed by atoms with van der Waals surface area (Å²) in [6.07, 6.45) is 0. The summed E-state index contributed by atoms with van der Waals surface area (Å²) in [7, 11) is 0. The number of carbonyl (C=O) groups is 2. The van der Waals surface area contributed by atoms with Gasteiger partial charge in [-0.15, -0.1) is 11.3 Å².